The molecule has 0 saturated carbocycles. The predicted octanol–water partition coefficient (Wildman–Crippen LogP) is 4.96. The van der Waals surface area contributed by atoms with Gasteiger partial charge in [0.05, 0.1) is 17.6 Å². The number of aromatic amines is 1. The Morgan fingerprint density at radius 3 is 2.50 bits per heavy atom. The zero-order chi connectivity index (χ0) is 22.7. The number of esters is 1. The lowest BCUT2D eigenvalue weighted by molar-refractivity contribution is 0.0525. The Labute approximate surface area is 185 Å². The first kappa shape index (κ1) is 21.3. The van der Waals surface area contributed by atoms with Gasteiger partial charge in [-0.3, -0.25) is 4.79 Å². The highest BCUT2D eigenvalue weighted by molar-refractivity contribution is 6.04. The molecule has 6 nitrogen and oxygen atoms in total. The Balaban J connectivity index is 1.85. The molecule has 0 aliphatic carbocycles. The quantitative estimate of drug-likeness (QED) is 0.439. The number of para-hydroxylation sites is 1. The molecule has 1 heterocycles. The smallest absolute Gasteiger partial charge is 0.338 e. The van der Waals surface area contributed by atoms with Gasteiger partial charge in [0.1, 0.15) is 18.1 Å². The van der Waals surface area contributed by atoms with E-state index < -0.39 is 5.97 Å². The second-order valence-electron chi connectivity index (χ2n) is 7.51. The highest BCUT2D eigenvalue weighted by Gasteiger charge is 2.21. The fourth-order valence-electron chi connectivity index (χ4n) is 3.93. The lowest BCUT2D eigenvalue weighted by Crippen LogP contribution is -2.16. The molecule has 1 aromatic heterocycles. The van der Waals surface area contributed by atoms with Crippen molar-refractivity contribution in [2.24, 2.45) is 0 Å². The molecular weight excluding hydrogens is 404 g/mol. The summed E-state index contributed by atoms with van der Waals surface area (Å²) < 4.78 is 11.3. The first-order valence-corrected chi connectivity index (χ1v) is 10.5. The van der Waals surface area contributed by atoms with Crippen molar-refractivity contribution in [3.8, 4) is 17.0 Å². The summed E-state index contributed by atoms with van der Waals surface area (Å²) in [5.74, 6) is 0.218. The molecule has 0 amide bonds. The molecule has 4 rings (SSSR count). The van der Waals surface area contributed by atoms with Crippen molar-refractivity contribution in [2.75, 3.05) is 6.61 Å². The van der Waals surface area contributed by atoms with E-state index in [1.807, 2.05) is 67.6 Å². The van der Waals surface area contributed by atoms with Gasteiger partial charge >= 0.3 is 5.97 Å². The first-order chi connectivity index (χ1) is 15.5. The van der Waals surface area contributed by atoms with Crippen LogP contribution >= 0.6 is 0 Å². The Morgan fingerprint density at radius 2 is 1.75 bits per heavy atom. The van der Waals surface area contributed by atoms with Gasteiger partial charge in [0.15, 0.2) is 0 Å². The number of hydrogen-bond acceptors (Lipinski definition) is 5. The molecule has 0 saturated heterocycles. The van der Waals surface area contributed by atoms with Crippen molar-refractivity contribution in [1.82, 2.24) is 10.2 Å². The largest absolute Gasteiger partial charge is 0.488 e. The van der Waals surface area contributed by atoms with Crippen LogP contribution in [0.4, 0.5) is 0 Å². The maximum atomic E-state index is 12.7. The minimum atomic E-state index is -0.436. The number of nitrogens with one attached hydrogen (secondary N) is 1. The Morgan fingerprint density at radius 1 is 1.03 bits per heavy atom. The molecule has 6 heteroatoms. The molecule has 0 fully saturated rings. The number of ether oxygens (including phenoxy) is 2. The van der Waals surface area contributed by atoms with Crippen molar-refractivity contribution < 1.29 is 14.3 Å². The number of nitrogens with zero attached hydrogens (tertiary/aromatic N) is 1. The van der Waals surface area contributed by atoms with Gasteiger partial charge in [-0.15, -0.1) is 0 Å². The molecule has 0 unspecified atom stereocenters. The molecule has 0 bridgehead atoms. The van der Waals surface area contributed by atoms with E-state index in [9.17, 15) is 9.59 Å². The Kier molecular flexibility index (Phi) is 6.03. The summed E-state index contributed by atoms with van der Waals surface area (Å²) in [6, 6.07) is 19.3. The highest BCUT2D eigenvalue weighted by atomic mass is 16.5. The van der Waals surface area contributed by atoms with E-state index in [0.717, 1.165) is 16.7 Å². The third-order valence-corrected chi connectivity index (χ3v) is 5.38. The number of rotatable bonds is 6. The minimum absolute atomic E-state index is 0.264. The minimum Gasteiger partial charge on any atom is -0.488 e. The number of fused-ring (bicyclic) bond motifs is 1. The lowest BCUT2D eigenvalue weighted by Gasteiger charge is -2.15. The van der Waals surface area contributed by atoms with E-state index in [2.05, 4.69) is 10.2 Å². The molecule has 0 radical (unpaired) electrons. The van der Waals surface area contributed by atoms with Gasteiger partial charge in [0.25, 0.3) is 5.56 Å². The van der Waals surface area contributed by atoms with Crippen molar-refractivity contribution >= 4 is 16.7 Å². The third kappa shape index (κ3) is 3.99. The van der Waals surface area contributed by atoms with Crippen LogP contribution in [0.15, 0.2) is 65.5 Å². The number of benzene rings is 3. The van der Waals surface area contributed by atoms with Crippen LogP contribution < -0.4 is 10.3 Å². The highest BCUT2D eigenvalue weighted by Crippen LogP contribution is 2.35. The molecule has 3 aromatic carbocycles. The number of H-pyrrole nitrogens is 1. The second kappa shape index (κ2) is 9.06. The standard InChI is InChI=1S/C26H24N2O4/c1-4-31-26(30)22-16(2)14-20-23(17(22)3)25(29)28-27-24(20)19-12-8-9-13-21(19)32-15-18-10-6-5-7-11-18/h5-14H,4,15H2,1-3H3,(H,28,29). The third-order valence-electron chi connectivity index (χ3n) is 5.38. The molecule has 0 atom stereocenters. The van der Waals surface area contributed by atoms with E-state index in [0.29, 0.717) is 39.9 Å². The van der Waals surface area contributed by atoms with E-state index >= 15 is 0 Å². The molecule has 162 valence electrons. The number of aromatic nitrogens is 2. The first-order valence-electron chi connectivity index (χ1n) is 10.5. The molecule has 0 aliphatic heterocycles. The van der Waals surface area contributed by atoms with Gasteiger partial charge in [-0.05, 0) is 55.7 Å². The second-order valence-corrected chi connectivity index (χ2v) is 7.51. The monoisotopic (exact) mass is 428 g/mol. The van der Waals surface area contributed by atoms with Gasteiger partial charge in [-0.25, -0.2) is 9.89 Å². The predicted molar refractivity (Wildman–Crippen MR) is 124 cm³/mol. The van der Waals surface area contributed by atoms with Crippen molar-refractivity contribution in [1.29, 1.82) is 0 Å². The zero-order valence-electron chi connectivity index (χ0n) is 18.3. The average Bonchev–Trinajstić information content (AvgIpc) is 2.79. The molecule has 0 aliphatic rings. The van der Waals surface area contributed by atoms with Crippen LogP contribution in [-0.4, -0.2) is 22.8 Å². The molecule has 4 aromatic rings. The van der Waals surface area contributed by atoms with Crippen LogP contribution in [0.1, 0.15) is 34.0 Å². The summed E-state index contributed by atoms with van der Waals surface area (Å²) >= 11 is 0. The number of carbonyl (C=O) groups excluding carboxylic acids is 1. The topological polar surface area (TPSA) is 81.3 Å². The van der Waals surface area contributed by atoms with Crippen molar-refractivity contribution in [3.63, 3.8) is 0 Å². The maximum Gasteiger partial charge on any atom is 0.338 e. The van der Waals surface area contributed by atoms with Gasteiger partial charge in [0, 0.05) is 10.9 Å². The molecule has 1 N–H and O–H groups in total. The Hall–Kier alpha value is -3.93. The van der Waals surface area contributed by atoms with Crippen LogP contribution in [0.2, 0.25) is 0 Å². The van der Waals surface area contributed by atoms with Crippen LogP contribution in [0.3, 0.4) is 0 Å². The van der Waals surface area contributed by atoms with E-state index in [4.69, 9.17) is 9.47 Å². The fraction of sp³-hybridized carbons (Fsp3) is 0.192. The Bertz CT molecular complexity index is 1340. The van der Waals surface area contributed by atoms with Crippen LogP contribution in [0.5, 0.6) is 5.75 Å². The lowest BCUT2D eigenvalue weighted by atomic mass is 9.94. The fourth-order valence-corrected chi connectivity index (χ4v) is 3.93. The zero-order valence-corrected chi connectivity index (χ0v) is 18.3. The summed E-state index contributed by atoms with van der Waals surface area (Å²) in [6.45, 7) is 6.02. The van der Waals surface area contributed by atoms with Crippen molar-refractivity contribution in [2.45, 2.75) is 27.4 Å². The summed E-state index contributed by atoms with van der Waals surface area (Å²) in [4.78, 5) is 25.2. The summed E-state index contributed by atoms with van der Waals surface area (Å²) in [5.41, 5.74) is 3.76. The number of carbonyl (C=O) groups is 1. The molecule has 32 heavy (non-hydrogen) atoms. The summed E-state index contributed by atoms with van der Waals surface area (Å²) in [6.07, 6.45) is 0. The molecule has 0 spiro atoms. The van der Waals surface area contributed by atoms with E-state index in [-0.39, 0.29) is 12.2 Å². The number of aryl methyl sites for hydroxylation is 2. The van der Waals surface area contributed by atoms with E-state index in [1.165, 1.54) is 0 Å². The number of hydrogen-bond donors (Lipinski definition) is 1. The van der Waals surface area contributed by atoms with Crippen LogP contribution in [-0.2, 0) is 11.3 Å². The van der Waals surface area contributed by atoms with Gasteiger partial charge in [0.2, 0.25) is 0 Å². The van der Waals surface area contributed by atoms with Crippen LogP contribution in [0.25, 0.3) is 22.0 Å². The van der Waals surface area contributed by atoms with Gasteiger partial charge in [-0.1, -0.05) is 42.5 Å². The normalized spacial score (nSPS) is 10.8. The summed E-state index contributed by atoms with van der Waals surface area (Å²) in [7, 11) is 0. The SMILES string of the molecule is CCOC(=O)c1c(C)cc2c(-c3ccccc3OCc3ccccc3)n[nH]c(=O)c2c1C. The maximum absolute atomic E-state index is 12.7. The van der Waals surface area contributed by atoms with Crippen LogP contribution in [0, 0.1) is 13.8 Å². The van der Waals surface area contributed by atoms with E-state index in [1.54, 1.807) is 13.8 Å². The average molecular weight is 428 g/mol. The molecular formula is C26H24N2O4. The van der Waals surface area contributed by atoms with Gasteiger partial charge < -0.3 is 9.47 Å². The summed E-state index contributed by atoms with van der Waals surface area (Å²) in [5, 5.41) is 8.02. The van der Waals surface area contributed by atoms with Gasteiger partial charge in [-0.2, -0.15) is 5.10 Å². The van der Waals surface area contributed by atoms with Crippen molar-refractivity contribution in [3.05, 3.63) is 93.3 Å².